The molecule has 2 bridgehead atoms. The molecule has 482 valence electrons. The molecule has 24 nitrogen and oxygen atoms in total. The van der Waals surface area contributed by atoms with Gasteiger partial charge in [-0.05, 0) is 117 Å². The predicted molar refractivity (Wildman–Crippen MR) is 344 cm³/mol. The van der Waals surface area contributed by atoms with E-state index in [1.807, 2.05) is 87.9 Å². The zero-order chi connectivity index (χ0) is 63.3. The van der Waals surface area contributed by atoms with E-state index < -0.39 is 55.7 Å². The smallest absolute Gasteiger partial charge is 0.507 e. The number of hydrogen-bond acceptors (Lipinski definition) is 24. The maximum Gasteiger partial charge on any atom is 0.508 e. The summed E-state index contributed by atoms with van der Waals surface area (Å²) in [4.78, 5) is 63.8. The number of fused-ring (bicyclic) bond motifs is 2. The molecule has 0 radical (unpaired) electrons. The number of aromatic hydroxyl groups is 1. The number of ether oxygens (including phenoxy) is 4. The van der Waals surface area contributed by atoms with Crippen LogP contribution in [0.15, 0.2) is 89.0 Å². The van der Waals surface area contributed by atoms with Gasteiger partial charge >= 0.3 is 6.16 Å². The number of aromatic nitrogens is 5. The first-order chi connectivity index (χ1) is 43.3. The third-order valence-corrected chi connectivity index (χ3v) is 22.0. The van der Waals surface area contributed by atoms with Gasteiger partial charge in [-0.1, -0.05) is 50.2 Å². The summed E-state index contributed by atoms with van der Waals surface area (Å²) in [6.45, 7) is 16.9. The van der Waals surface area contributed by atoms with Crippen molar-refractivity contribution in [3.8, 4) is 39.2 Å². The van der Waals surface area contributed by atoms with Gasteiger partial charge in [0.2, 0.25) is 17.7 Å². The number of thiazole rings is 1. The molecule has 6 aromatic rings. The van der Waals surface area contributed by atoms with E-state index in [9.17, 15) is 27.9 Å². The van der Waals surface area contributed by atoms with E-state index in [1.165, 1.54) is 4.90 Å². The second-order valence-electron chi connectivity index (χ2n) is 24.6. The Hall–Kier alpha value is -7.30. The Morgan fingerprint density at radius 2 is 1.67 bits per heavy atom. The van der Waals surface area contributed by atoms with Crippen LogP contribution in [0.1, 0.15) is 88.8 Å². The summed E-state index contributed by atoms with van der Waals surface area (Å²) in [5, 5.41) is 29.6. The first kappa shape index (κ1) is 64.2. The van der Waals surface area contributed by atoms with Crippen LogP contribution in [0, 0.1) is 12.8 Å². The van der Waals surface area contributed by atoms with Crippen LogP contribution in [-0.2, 0) is 27.9 Å². The topological polar surface area (TPSA) is 286 Å². The standard InChI is InChI=1S/C63H81N13O11S3/c1-39(2)57(61(79)75-36-48(86-62(80)85-37-63(89-90(6,81)82)18-21-65-22-19-63)30-52(75)60(78)68-41(4)43-11-13-44(14-12-43)58-42(5)67-38-88-58)54-32-56(71-87-54)84-27-25-72-23-24-73(40(3)33-72)26-28-83-55-29-45(17-20-66-55)76-46-15-16-47(76)35-74(34-46)51-31-50(69-70-59(51)64)49-9-7-8-10-53(49)77/h7-14,17,20,29,31-32,38-41,46-48,52,57,65,77H,15-16,18-19,21-28,30,33-37H2,1-6H3,(H2,64,70)(H,68,78)/t40-,41+,46?,47?,48-,52+,57-/m1/s1. The Morgan fingerprint density at radius 1 is 0.922 bits per heavy atom. The van der Waals surface area contributed by atoms with Crippen LogP contribution in [0.3, 0.4) is 0 Å². The quantitative estimate of drug-likeness (QED) is 0.0367. The Kier molecular flexibility index (Phi) is 20.0. The van der Waals surface area contributed by atoms with Crippen LogP contribution in [0.4, 0.5) is 22.0 Å². The van der Waals surface area contributed by atoms with E-state index in [2.05, 4.69) is 68.5 Å². The fourth-order valence-electron chi connectivity index (χ4n) is 13.3. The van der Waals surface area contributed by atoms with Gasteiger partial charge in [0.1, 0.15) is 43.6 Å². The van der Waals surface area contributed by atoms with Gasteiger partial charge in [-0.3, -0.25) is 19.4 Å². The summed E-state index contributed by atoms with van der Waals surface area (Å²) in [6, 6.07) is 22.0. The maximum absolute atomic E-state index is 14.9. The van der Waals surface area contributed by atoms with Crippen molar-refractivity contribution in [3.05, 3.63) is 102 Å². The lowest BCUT2D eigenvalue weighted by molar-refractivity contribution is -0.141. The summed E-state index contributed by atoms with van der Waals surface area (Å²) in [7, 11) is -2.68. The van der Waals surface area contributed by atoms with E-state index in [4.69, 9.17) is 29.2 Å². The van der Waals surface area contributed by atoms with Crippen molar-refractivity contribution < 1.29 is 51.4 Å². The molecule has 90 heavy (non-hydrogen) atoms. The molecule has 27 heteroatoms. The van der Waals surface area contributed by atoms with Crippen molar-refractivity contribution in [2.75, 3.05) is 107 Å². The largest absolute Gasteiger partial charge is 0.508 e. The number of amides is 2. The number of nitrogen functional groups attached to an aromatic ring is 1. The van der Waals surface area contributed by atoms with Crippen molar-refractivity contribution in [3.63, 3.8) is 0 Å². The van der Waals surface area contributed by atoms with Crippen LogP contribution in [0.5, 0.6) is 17.5 Å². The molecule has 5 saturated heterocycles. The minimum atomic E-state index is -3.47. The Balaban J connectivity index is 0.663. The van der Waals surface area contributed by atoms with E-state index >= 15 is 0 Å². The number of rotatable bonds is 23. The molecular formula is C63H81N13O11S3. The lowest BCUT2D eigenvalue weighted by atomic mass is 9.91. The normalized spacial score (nSPS) is 21.9. The molecular weight excluding hydrogens is 1210 g/mol. The average molecular weight is 1290 g/mol. The van der Waals surface area contributed by atoms with Gasteiger partial charge in [0.05, 0.1) is 44.8 Å². The van der Waals surface area contributed by atoms with Crippen LogP contribution in [0.2, 0.25) is 0 Å². The van der Waals surface area contributed by atoms with Gasteiger partial charge in [0.15, 0.2) is 20.4 Å². The second kappa shape index (κ2) is 28.1. The minimum Gasteiger partial charge on any atom is -0.507 e. The van der Waals surface area contributed by atoms with Gasteiger partial charge in [-0.2, -0.15) is 0 Å². The SMILES string of the molecule is Cc1ncsc1-c1ccc([C@H](C)NC(=O)[C@@H]2C[C@@H](OC(=O)OCC3(SS(C)(=O)=O)CCNCC3)CN2C(=O)[C@@H](c2cc(OCCN3CCN(CCOc4cc(N5C6CCC5CN(c5cc(-c7ccccc7O)nnc5N)C6)ccn4)[C@H](C)C3)no2)C(C)C)cc1. The van der Waals surface area contributed by atoms with Crippen LogP contribution in [0.25, 0.3) is 21.7 Å². The first-order valence-corrected chi connectivity index (χ1v) is 35.0. The highest BCUT2D eigenvalue weighted by Crippen LogP contribution is 2.42. The lowest BCUT2D eigenvalue weighted by Gasteiger charge is -2.43. The number of nitrogens with zero attached hydrogens (tertiary/aromatic N) is 10. The average Bonchev–Trinajstić information content (AvgIpc) is 1.69. The minimum absolute atomic E-state index is 0.00441. The Labute approximate surface area is 532 Å². The highest BCUT2D eigenvalue weighted by Gasteiger charge is 2.47. The fraction of sp³-hybridized carbons (Fsp3) is 0.524. The predicted octanol–water partition coefficient (Wildman–Crippen LogP) is 7.12. The number of carbonyl (C=O) groups excluding carboxylic acids is 3. The molecule has 5 fully saturated rings. The molecule has 0 aliphatic carbocycles. The van der Waals surface area contributed by atoms with Gasteiger partial charge in [0.25, 0.3) is 5.88 Å². The van der Waals surface area contributed by atoms with Gasteiger partial charge in [-0.15, -0.1) is 21.5 Å². The summed E-state index contributed by atoms with van der Waals surface area (Å²) in [5.74, 6) is -0.400. The molecule has 2 amide bonds. The summed E-state index contributed by atoms with van der Waals surface area (Å²) in [5.41, 5.74) is 14.1. The van der Waals surface area contributed by atoms with Crippen molar-refractivity contribution in [2.45, 2.75) is 114 Å². The molecule has 7 atom stereocenters. The molecule has 2 unspecified atom stereocenters. The second-order valence-corrected chi connectivity index (χ2v) is 30.2. The third-order valence-electron chi connectivity index (χ3n) is 17.9. The number of hydrogen-bond donors (Lipinski definition) is 4. The molecule has 5 aliphatic heterocycles. The van der Waals surface area contributed by atoms with Crippen LogP contribution >= 0.6 is 22.1 Å². The highest BCUT2D eigenvalue weighted by molar-refractivity contribution is 8.72. The van der Waals surface area contributed by atoms with E-state index in [-0.39, 0.29) is 61.0 Å². The number of phenols is 1. The number of phenolic OH excluding ortho intramolecular Hbond substituents is 1. The molecule has 2 aromatic carbocycles. The van der Waals surface area contributed by atoms with Gasteiger partial charge in [-0.25, -0.2) is 23.2 Å². The van der Waals surface area contributed by atoms with Crippen molar-refractivity contribution >= 4 is 66.2 Å². The molecule has 5 N–H and O–H groups in total. The maximum atomic E-state index is 14.9. The number of carbonyl (C=O) groups is 3. The third kappa shape index (κ3) is 15.2. The fourth-order valence-corrected chi connectivity index (χ4v) is 17.8. The molecule has 9 heterocycles. The number of nitrogens with one attached hydrogen (secondary N) is 2. The Morgan fingerprint density at radius 3 is 2.38 bits per heavy atom. The summed E-state index contributed by atoms with van der Waals surface area (Å²) in [6.07, 6.45) is 4.05. The molecule has 5 aliphatic rings. The van der Waals surface area contributed by atoms with Crippen molar-refractivity contribution in [2.24, 2.45) is 5.92 Å². The van der Waals surface area contributed by atoms with E-state index in [0.29, 0.717) is 68.6 Å². The number of anilines is 3. The number of aryl methyl sites for hydroxylation is 1. The number of likely N-dealkylation sites (tertiary alicyclic amines) is 1. The van der Waals surface area contributed by atoms with E-state index in [1.54, 1.807) is 29.5 Å². The molecule has 11 rings (SSSR count). The first-order valence-electron chi connectivity index (χ1n) is 30.9. The Bertz CT molecular complexity index is 3580. The van der Waals surface area contributed by atoms with Gasteiger partial charge < -0.3 is 59.6 Å². The molecule has 0 saturated carbocycles. The monoisotopic (exact) mass is 1290 g/mol. The van der Waals surface area contributed by atoms with E-state index in [0.717, 1.165) is 102 Å². The number of piperazine rings is 2. The number of piperidine rings is 1. The van der Waals surface area contributed by atoms with Crippen LogP contribution in [-0.4, -0.2) is 198 Å². The number of pyridine rings is 1. The molecule has 4 aromatic heterocycles. The van der Waals surface area contributed by atoms with Crippen molar-refractivity contribution in [1.29, 1.82) is 0 Å². The summed E-state index contributed by atoms with van der Waals surface area (Å²) >= 11 is 1.56. The van der Waals surface area contributed by atoms with Gasteiger partial charge in [0, 0.05) is 106 Å². The number of nitrogens with two attached hydrogens (primary N) is 1. The van der Waals surface area contributed by atoms with Crippen molar-refractivity contribution in [1.82, 2.24) is 50.7 Å². The lowest BCUT2D eigenvalue weighted by Crippen LogP contribution is -2.54. The van der Waals surface area contributed by atoms with Crippen LogP contribution < -0.4 is 35.6 Å². The zero-order valence-corrected chi connectivity index (χ0v) is 54.2. The zero-order valence-electron chi connectivity index (χ0n) is 51.7. The highest BCUT2D eigenvalue weighted by atomic mass is 33.1. The number of benzene rings is 2. The number of para-hydroxylation sites is 1. The molecule has 0 spiro atoms. The summed E-state index contributed by atoms with van der Waals surface area (Å²) < 4.78 is 53.8.